The lowest BCUT2D eigenvalue weighted by molar-refractivity contribution is -0.141. The molecule has 27 heavy (non-hydrogen) atoms. The molecule has 0 amide bonds. The van der Waals surface area contributed by atoms with Gasteiger partial charge in [0.15, 0.2) is 5.79 Å². The normalized spacial score (nSPS) is 21.6. The third-order valence-corrected chi connectivity index (χ3v) is 6.15. The first-order valence-electron chi connectivity index (χ1n) is 9.78. The van der Waals surface area contributed by atoms with E-state index >= 15 is 0 Å². The van der Waals surface area contributed by atoms with Gasteiger partial charge in [0.25, 0.3) is 0 Å². The molecular weight excluding hydrogens is 360 g/mol. The van der Waals surface area contributed by atoms with Gasteiger partial charge >= 0.3 is 0 Å². The monoisotopic (exact) mass is 388 g/mol. The summed E-state index contributed by atoms with van der Waals surface area (Å²) in [4.78, 5) is 0. The average Bonchev–Trinajstić information content (AvgIpc) is 3.20. The van der Waals surface area contributed by atoms with Gasteiger partial charge in [-0.25, -0.2) is 0 Å². The van der Waals surface area contributed by atoms with Crippen molar-refractivity contribution in [2.75, 3.05) is 13.2 Å². The lowest BCUT2D eigenvalue weighted by atomic mass is 10.1. The standard InChI is InChI=1S/C21H28N2O3S/c1-13-9-16(20-23-22-18(27-20)8-7-15-5-6-15)10-14(2)19(13)24-11-17-12-25-21(3,4)26-17/h9-10,15,17H,5-8,11-12H2,1-4H3/t17-/m1/s1. The minimum Gasteiger partial charge on any atom is -0.490 e. The van der Waals surface area contributed by atoms with E-state index < -0.39 is 5.79 Å². The molecule has 1 aromatic heterocycles. The molecule has 0 unspecified atom stereocenters. The van der Waals surface area contributed by atoms with Crippen LogP contribution in [0.2, 0.25) is 0 Å². The Morgan fingerprint density at radius 1 is 1.19 bits per heavy atom. The highest BCUT2D eigenvalue weighted by Gasteiger charge is 2.33. The molecule has 1 aromatic carbocycles. The number of nitrogens with zero attached hydrogens (tertiary/aromatic N) is 2. The molecule has 0 bridgehead atoms. The van der Waals surface area contributed by atoms with Crippen LogP contribution < -0.4 is 4.74 Å². The van der Waals surface area contributed by atoms with E-state index in [0.717, 1.165) is 44.8 Å². The van der Waals surface area contributed by atoms with Gasteiger partial charge in [-0.15, -0.1) is 10.2 Å². The Morgan fingerprint density at radius 3 is 2.56 bits per heavy atom. The van der Waals surface area contributed by atoms with Crippen molar-refractivity contribution in [3.05, 3.63) is 28.3 Å². The molecule has 1 aliphatic heterocycles. The van der Waals surface area contributed by atoms with Crippen LogP contribution in [0.25, 0.3) is 10.6 Å². The van der Waals surface area contributed by atoms with E-state index in [4.69, 9.17) is 14.2 Å². The highest BCUT2D eigenvalue weighted by atomic mass is 32.1. The zero-order valence-electron chi connectivity index (χ0n) is 16.6. The first-order valence-corrected chi connectivity index (χ1v) is 10.6. The molecular formula is C21H28N2O3S. The minimum absolute atomic E-state index is 0.0318. The van der Waals surface area contributed by atoms with Gasteiger partial charge in [-0.05, 0) is 63.3 Å². The van der Waals surface area contributed by atoms with Gasteiger partial charge in [0.1, 0.15) is 28.5 Å². The van der Waals surface area contributed by atoms with Gasteiger partial charge in [-0.3, -0.25) is 0 Å². The van der Waals surface area contributed by atoms with Crippen LogP contribution in [-0.4, -0.2) is 35.3 Å². The van der Waals surface area contributed by atoms with E-state index in [0.29, 0.717) is 13.2 Å². The molecule has 0 N–H and O–H groups in total. The Kier molecular flexibility index (Phi) is 5.23. The molecule has 1 saturated heterocycles. The number of rotatable bonds is 7. The summed E-state index contributed by atoms with van der Waals surface area (Å²) >= 11 is 1.71. The van der Waals surface area contributed by atoms with E-state index in [2.05, 4.69) is 36.2 Å². The molecule has 6 heteroatoms. The molecule has 146 valence electrons. The fourth-order valence-electron chi connectivity index (χ4n) is 3.53. The maximum Gasteiger partial charge on any atom is 0.163 e. The Morgan fingerprint density at radius 2 is 1.93 bits per heavy atom. The summed E-state index contributed by atoms with van der Waals surface area (Å²) in [5, 5.41) is 10.9. The molecule has 5 nitrogen and oxygen atoms in total. The highest BCUT2D eigenvalue weighted by Crippen LogP contribution is 2.35. The topological polar surface area (TPSA) is 53.5 Å². The molecule has 1 saturated carbocycles. The van der Waals surface area contributed by atoms with Crippen molar-refractivity contribution in [3.63, 3.8) is 0 Å². The lowest BCUT2D eigenvalue weighted by Gasteiger charge is -2.18. The maximum absolute atomic E-state index is 6.08. The second-order valence-electron chi connectivity index (χ2n) is 8.18. The van der Waals surface area contributed by atoms with Gasteiger partial charge in [0.05, 0.1) is 6.61 Å². The van der Waals surface area contributed by atoms with Crippen molar-refractivity contribution < 1.29 is 14.2 Å². The first kappa shape index (κ1) is 18.8. The SMILES string of the molecule is Cc1cc(-c2nnc(CCC3CC3)s2)cc(C)c1OC[C@@H]1COC(C)(C)O1. The molecule has 2 heterocycles. The number of ether oxygens (including phenoxy) is 3. The molecule has 1 aliphatic carbocycles. The van der Waals surface area contributed by atoms with Crippen LogP contribution in [0.3, 0.4) is 0 Å². The van der Waals surface area contributed by atoms with E-state index in [9.17, 15) is 0 Å². The zero-order valence-corrected chi connectivity index (χ0v) is 17.4. The summed E-state index contributed by atoms with van der Waals surface area (Å²) in [7, 11) is 0. The summed E-state index contributed by atoms with van der Waals surface area (Å²) in [5.41, 5.74) is 3.34. The molecule has 2 aliphatic rings. The lowest BCUT2D eigenvalue weighted by Crippen LogP contribution is -2.25. The average molecular weight is 389 g/mol. The summed E-state index contributed by atoms with van der Waals surface area (Å²) in [6.07, 6.45) is 5.06. The Bertz CT molecular complexity index is 791. The summed E-state index contributed by atoms with van der Waals surface area (Å²) in [6, 6.07) is 4.28. The Labute approximate surface area is 165 Å². The van der Waals surface area contributed by atoms with E-state index in [-0.39, 0.29) is 6.10 Å². The minimum atomic E-state index is -0.517. The fourth-order valence-corrected chi connectivity index (χ4v) is 4.37. The molecule has 0 spiro atoms. The van der Waals surface area contributed by atoms with Gasteiger partial charge in [-0.2, -0.15) is 0 Å². The predicted octanol–water partition coefficient (Wildman–Crippen LogP) is 4.69. The van der Waals surface area contributed by atoms with Crippen LogP contribution in [0.15, 0.2) is 12.1 Å². The van der Waals surface area contributed by atoms with Crippen LogP contribution in [-0.2, 0) is 15.9 Å². The van der Waals surface area contributed by atoms with Crippen LogP contribution in [0, 0.1) is 19.8 Å². The van der Waals surface area contributed by atoms with Crippen molar-refractivity contribution in [2.24, 2.45) is 5.92 Å². The van der Waals surface area contributed by atoms with E-state index in [1.54, 1.807) is 11.3 Å². The predicted molar refractivity (Wildman–Crippen MR) is 106 cm³/mol. The maximum atomic E-state index is 6.08. The van der Waals surface area contributed by atoms with Crippen molar-refractivity contribution in [2.45, 2.75) is 65.3 Å². The summed E-state index contributed by atoms with van der Waals surface area (Å²) in [5.74, 6) is 1.33. The van der Waals surface area contributed by atoms with Gasteiger partial charge in [0.2, 0.25) is 0 Å². The fraction of sp³-hybridized carbons (Fsp3) is 0.619. The number of aryl methyl sites for hydroxylation is 3. The molecule has 1 atom stereocenters. The second-order valence-corrected chi connectivity index (χ2v) is 9.25. The molecule has 0 radical (unpaired) electrons. The molecule has 4 rings (SSSR count). The number of hydrogen-bond donors (Lipinski definition) is 0. The van der Waals surface area contributed by atoms with Crippen molar-refractivity contribution in [1.82, 2.24) is 10.2 Å². The number of aromatic nitrogens is 2. The third kappa shape index (κ3) is 4.68. The Hall–Kier alpha value is -1.50. The Balaban J connectivity index is 1.42. The van der Waals surface area contributed by atoms with Crippen LogP contribution in [0.4, 0.5) is 0 Å². The smallest absolute Gasteiger partial charge is 0.163 e. The summed E-state index contributed by atoms with van der Waals surface area (Å²) in [6.45, 7) is 9.08. The number of hydrogen-bond acceptors (Lipinski definition) is 6. The first-order chi connectivity index (χ1) is 12.9. The molecule has 2 fully saturated rings. The highest BCUT2D eigenvalue weighted by molar-refractivity contribution is 7.14. The van der Waals surface area contributed by atoms with E-state index in [1.165, 1.54) is 19.3 Å². The van der Waals surface area contributed by atoms with Gasteiger partial charge in [-0.1, -0.05) is 24.2 Å². The molecule has 2 aromatic rings. The van der Waals surface area contributed by atoms with Crippen molar-refractivity contribution >= 4 is 11.3 Å². The second kappa shape index (κ2) is 7.49. The van der Waals surface area contributed by atoms with Crippen molar-refractivity contribution in [3.8, 4) is 16.3 Å². The van der Waals surface area contributed by atoms with Crippen molar-refractivity contribution in [1.29, 1.82) is 0 Å². The van der Waals surface area contributed by atoms with Crippen LogP contribution >= 0.6 is 11.3 Å². The van der Waals surface area contributed by atoms with Crippen LogP contribution in [0.1, 0.15) is 49.2 Å². The van der Waals surface area contributed by atoms with E-state index in [1.807, 2.05) is 13.8 Å². The van der Waals surface area contributed by atoms with Gasteiger partial charge in [0, 0.05) is 12.0 Å². The summed E-state index contributed by atoms with van der Waals surface area (Å²) < 4.78 is 17.5. The third-order valence-electron chi connectivity index (χ3n) is 5.12. The largest absolute Gasteiger partial charge is 0.490 e. The zero-order chi connectivity index (χ0) is 19.0. The van der Waals surface area contributed by atoms with Crippen LogP contribution in [0.5, 0.6) is 5.75 Å². The quantitative estimate of drug-likeness (QED) is 0.688. The number of benzene rings is 1. The van der Waals surface area contributed by atoms with Gasteiger partial charge < -0.3 is 14.2 Å².